The van der Waals surface area contributed by atoms with Crippen molar-refractivity contribution in [1.29, 1.82) is 0 Å². The van der Waals surface area contributed by atoms with E-state index in [-0.39, 0.29) is 5.82 Å². The van der Waals surface area contributed by atoms with Crippen LogP contribution >= 0.6 is 0 Å². The van der Waals surface area contributed by atoms with Gasteiger partial charge in [-0.05, 0) is 36.5 Å². The van der Waals surface area contributed by atoms with Crippen molar-refractivity contribution in [3.8, 4) is 0 Å². The molecule has 110 valence electrons. The third-order valence-corrected chi connectivity index (χ3v) is 4.26. The molecule has 4 heteroatoms. The van der Waals surface area contributed by atoms with Gasteiger partial charge in [-0.3, -0.25) is 4.79 Å². The van der Waals surface area contributed by atoms with Crippen LogP contribution in [0.2, 0.25) is 0 Å². The summed E-state index contributed by atoms with van der Waals surface area (Å²) in [6.45, 7) is 3.60. The molecule has 0 atom stereocenters. The monoisotopic (exact) mass is 278 g/mol. The fourth-order valence-corrected chi connectivity index (χ4v) is 2.94. The summed E-state index contributed by atoms with van der Waals surface area (Å²) in [5, 5.41) is 3.33. The molecule has 0 unspecified atom stereocenters. The molecule has 3 nitrogen and oxygen atoms in total. The second kappa shape index (κ2) is 6.35. The third-order valence-electron chi connectivity index (χ3n) is 4.26. The molecule has 2 rings (SSSR count). The zero-order valence-electron chi connectivity index (χ0n) is 12.0. The summed E-state index contributed by atoms with van der Waals surface area (Å²) in [7, 11) is 0. The van der Waals surface area contributed by atoms with E-state index in [0.29, 0.717) is 23.1 Å². The molecule has 0 aromatic heterocycles. The van der Waals surface area contributed by atoms with Crippen molar-refractivity contribution in [3.63, 3.8) is 0 Å². The first-order valence-corrected chi connectivity index (χ1v) is 7.29. The number of benzene rings is 1. The van der Waals surface area contributed by atoms with E-state index in [2.05, 4.69) is 12.2 Å². The first-order chi connectivity index (χ1) is 9.50. The van der Waals surface area contributed by atoms with Gasteiger partial charge in [0.05, 0.1) is 0 Å². The van der Waals surface area contributed by atoms with Gasteiger partial charge in [-0.2, -0.15) is 0 Å². The highest BCUT2D eigenvalue weighted by Crippen LogP contribution is 2.34. The fourth-order valence-electron chi connectivity index (χ4n) is 2.94. The van der Waals surface area contributed by atoms with E-state index in [9.17, 15) is 9.18 Å². The smallest absolute Gasteiger partial charge is 0.248 e. The van der Waals surface area contributed by atoms with E-state index in [1.807, 2.05) is 0 Å². The number of hydrogen-bond acceptors (Lipinski definition) is 2. The highest BCUT2D eigenvalue weighted by molar-refractivity contribution is 5.92. The van der Waals surface area contributed by atoms with E-state index >= 15 is 0 Å². The SMILES string of the molecule is CC1(CNCc2cc(C(N)=O)ccc2F)CCCCC1. The first-order valence-electron chi connectivity index (χ1n) is 7.29. The van der Waals surface area contributed by atoms with Crippen molar-refractivity contribution in [2.45, 2.75) is 45.6 Å². The molecule has 1 saturated carbocycles. The van der Waals surface area contributed by atoms with Crippen molar-refractivity contribution in [1.82, 2.24) is 5.32 Å². The maximum atomic E-state index is 13.7. The van der Waals surface area contributed by atoms with Crippen LogP contribution in [0, 0.1) is 11.2 Å². The molecule has 0 spiro atoms. The highest BCUT2D eigenvalue weighted by atomic mass is 19.1. The summed E-state index contributed by atoms with van der Waals surface area (Å²) < 4.78 is 13.7. The number of carbonyl (C=O) groups excluding carboxylic acids is 1. The molecule has 0 aliphatic heterocycles. The third kappa shape index (κ3) is 3.79. The number of nitrogens with one attached hydrogen (secondary N) is 1. The molecule has 3 N–H and O–H groups in total. The predicted molar refractivity (Wildman–Crippen MR) is 77.8 cm³/mol. The van der Waals surface area contributed by atoms with E-state index < -0.39 is 5.91 Å². The normalized spacial score (nSPS) is 17.9. The molecule has 1 aromatic rings. The quantitative estimate of drug-likeness (QED) is 0.870. The molecular formula is C16H23FN2O. The number of carbonyl (C=O) groups is 1. The van der Waals surface area contributed by atoms with Crippen molar-refractivity contribution < 1.29 is 9.18 Å². The molecule has 1 aliphatic carbocycles. The summed E-state index contributed by atoms with van der Waals surface area (Å²) in [4.78, 5) is 11.1. The molecule has 20 heavy (non-hydrogen) atoms. The minimum absolute atomic E-state index is 0.295. The fraction of sp³-hybridized carbons (Fsp3) is 0.562. The van der Waals surface area contributed by atoms with Crippen LogP contribution in [0.15, 0.2) is 18.2 Å². The summed E-state index contributed by atoms with van der Waals surface area (Å²) in [5.41, 5.74) is 6.39. The van der Waals surface area contributed by atoms with E-state index in [4.69, 9.17) is 5.73 Å². The minimum atomic E-state index is -0.523. The summed E-state index contributed by atoms with van der Waals surface area (Å²) in [6.07, 6.45) is 6.34. The lowest BCUT2D eigenvalue weighted by Gasteiger charge is -2.33. The van der Waals surface area contributed by atoms with Crippen LogP contribution in [-0.2, 0) is 6.54 Å². The Hall–Kier alpha value is -1.42. The van der Waals surface area contributed by atoms with Crippen LogP contribution in [0.4, 0.5) is 4.39 Å². The van der Waals surface area contributed by atoms with Crippen LogP contribution in [0.5, 0.6) is 0 Å². The van der Waals surface area contributed by atoms with E-state index in [1.54, 1.807) is 0 Å². The Labute approximate surface area is 119 Å². The topological polar surface area (TPSA) is 55.1 Å². The lowest BCUT2D eigenvalue weighted by Crippen LogP contribution is -2.33. The maximum Gasteiger partial charge on any atom is 0.248 e. The summed E-state index contributed by atoms with van der Waals surface area (Å²) in [6, 6.07) is 4.26. The Morgan fingerprint density at radius 2 is 2.05 bits per heavy atom. The summed E-state index contributed by atoms with van der Waals surface area (Å²) >= 11 is 0. The molecule has 0 radical (unpaired) electrons. The van der Waals surface area contributed by atoms with Crippen LogP contribution < -0.4 is 11.1 Å². The Kier molecular flexibility index (Phi) is 4.76. The first kappa shape index (κ1) is 15.0. The minimum Gasteiger partial charge on any atom is -0.366 e. The Morgan fingerprint density at radius 3 is 2.70 bits per heavy atom. The van der Waals surface area contributed by atoms with Crippen molar-refractivity contribution in [2.75, 3.05) is 6.54 Å². The number of primary amides is 1. The van der Waals surface area contributed by atoms with Crippen molar-refractivity contribution in [2.24, 2.45) is 11.1 Å². The van der Waals surface area contributed by atoms with Crippen LogP contribution in [0.3, 0.4) is 0 Å². The van der Waals surface area contributed by atoms with E-state index in [1.165, 1.54) is 50.3 Å². The predicted octanol–water partition coefficient (Wildman–Crippen LogP) is 2.98. The van der Waals surface area contributed by atoms with Crippen LogP contribution in [0.25, 0.3) is 0 Å². The average Bonchev–Trinajstić information content (AvgIpc) is 2.41. The van der Waals surface area contributed by atoms with Gasteiger partial charge in [0.2, 0.25) is 5.91 Å². The lowest BCUT2D eigenvalue weighted by atomic mass is 9.76. The van der Waals surface area contributed by atoms with Crippen molar-refractivity contribution in [3.05, 3.63) is 35.1 Å². The second-order valence-electron chi connectivity index (χ2n) is 6.15. The number of nitrogens with two attached hydrogens (primary N) is 1. The van der Waals surface area contributed by atoms with Gasteiger partial charge in [-0.25, -0.2) is 4.39 Å². The van der Waals surface area contributed by atoms with Gasteiger partial charge in [-0.15, -0.1) is 0 Å². The molecule has 1 aliphatic rings. The van der Waals surface area contributed by atoms with Crippen molar-refractivity contribution >= 4 is 5.91 Å². The molecule has 1 fully saturated rings. The zero-order chi connectivity index (χ0) is 14.6. The van der Waals surface area contributed by atoms with Gasteiger partial charge in [0.15, 0.2) is 0 Å². The lowest BCUT2D eigenvalue weighted by molar-refractivity contribution is 0.1000. The number of hydrogen-bond donors (Lipinski definition) is 2. The molecule has 0 heterocycles. The van der Waals surface area contributed by atoms with Gasteiger partial charge in [-0.1, -0.05) is 26.2 Å². The molecule has 0 bridgehead atoms. The van der Waals surface area contributed by atoms with E-state index in [0.717, 1.165) is 6.54 Å². The van der Waals surface area contributed by atoms with Gasteiger partial charge >= 0.3 is 0 Å². The number of rotatable bonds is 5. The standard InChI is InChI=1S/C16H23FN2O/c1-16(7-3-2-4-8-16)11-19-10-13-9-12(15(18)20)5-6-14(13)17/h5-6,9,19H,2-4,7-8,10-11H2,1H3,(H2,18,20). The second-order valence-corrected chi connectivity index (χ2v) is 6.15. The number of halogens is 1. The molecular weight excluding hydrogens is 255 g/mol. The molecule has 0 saturated heterocycles. The van der Waals surface area contributed by atoms with Crippen LogP contribution in [-0.4, -0.2) is 12.5 Å². The molecule has 1 aromatic carbocycles. The highest BCUT2D eigenvalue weighted by Gasteiger charge is 2.26. The zero-order valence-corrected chi connectivity index (χ0v) is 12.0. The largest absolute Gasteiger partial charge is 0.366 e. The van der Waals surface area contributed by atoms with Gasteiger partial charge in [0, 0.05) is 24.2 Å². The Balaban J connectivity index is 1.93. The molecule has 1 amide bonds. The maximum absolute atomic E-state index is 13.7. The van der Waals surface area contributed by atoms with Gasteiger partial charge < -0.3 is 11.1 Å². The van der Waals surface area contributed by atoms with Crippen LogP contribution in [0.1, 0.15) is 54.9 Å². The Morgan fingerprint density at radius 1 is 1.35 bits per heavy atom. The van der Waals surface area contributed by atoms with Gasteiger partial charge in [0.1, 0.15) is 5.82 Å². The van der Waals surface area contributed by atoms with Gasteiger partial charge in [0.25, 0.3) is 0 Å². The summed E-state index contributed by atoms with van der Waals surface area (Å²) in [5.74, 6) is -0.818. The average molecular weight is 278 g/mol. The Bertz CT molecular complexity index is 481. The number of amides is 1.